The summed E-state index contributed by atoms with van der Waals surface area (Å²) in [6.07, 6.45) is 0.601. The van der Waals surface area contributed by atoms with Crippen molar-refractivity contribution in [1.29, 1.82) is 0 Å². The lowest BCUT2D eigenvalue weighted by Gasteiger charge is -2.36. The van der Waals surface area contributed by atoms with Crippen molar-refractivity contribution in [2.45, 2.75) is 20.3 Å². The third-order valence-corrected chi connectivity index (χ3v) is 4.60. The summed E-state index contributed by atoms with van der Waals surface area (Å²) in [6.45, 7) is 8.91. The number of carbonyl (C=O) groups is 1. The summed E-state index contributed by atoms with van der Waals surface area (Å²) in [7, 11) is 0. The number of ketones is 1. The van der Waals surface area contributed by atoms with E-state index in [9.17, 15) is 4.79 Å². The first kappa shape index (κ1) is 15.8. The molecule has 0 atom stereocenters. The Labute approximate surface area is 138 Å². The van der Waals surface area contributed by atoms with Crippen molar-refractivity contribution in [3.05, 3.63) is 53.3 Å². The first-order chi connectivity index (χ1) is 11.1. The molecule has 122 valence electrons. The van der Waals surface area contributed by atoms with E-state index < -0.39 is 0 Å². The predicted octanol–water partition coefficient (Wildman–Crippen LogP) is 3.03. The molecule has 0 bridgehead atoms. The van der Waals surface area contributed by atoms with Crippen LogP contribution in [0.15, 0.2) is 36.4 Å². The Bertz CT molecular complexity index is 655. The van der Waals surface area contributed by atoms with E-state index in [0.717, 1.165) is 49.7 Å². The molecule has 1 fully saturated rings. The second kappa shape index (κ2) is 7.01. The number of hydrogen-bond donors (Lipinski definition) is 1. The lowest BCUT2D eigenvalue weighted by molar-refractivity contribution is 0.0962. The smallest absolute Gasteiger partial charge is 0.165 e. The predicted molar refractivity (Wildman–Crippen MR) is 94.3 cm³/mol. The number of anilines is 1. The Morgan fingerprint density at radius 3 is 2.39 bits per heavy atom. The number of para-hydroxylation sites is 1. The summed E-state index contributed by atoms with van der Waals surface area (Å²) >= 11 is 0. The Hall–Kier alpha value is -2.07. The van der Waals surface area contributed by atoms with Crippen molar-refractivity contribution >= 4 is 11.5 Å². The van der Waals surface area contributed by atoms with Gasteiger partial charge in [0.25, 0.3) is 0 Å². The highest BCUT2D eigenvalue weighted by molar-refractivity contribution is 5.97. The number of hydrogen-bond acceptors (Lipinski definition) is 3. The molecule has 1 aromatic carbocycles. The number of aromatic nitrogens is 1. The minimum atomic E-state index is 0.248. The van der Waals surface area contributed by atoms with Gasteiger partial charge in [-0.3, -0.25) is 9.69 Å². The minimum Gasteiger partial charge on any atom is -0.369 e. The van der Waals surface area contributed by atoms with Gasteiger partial charge in [0, 0.05) is 61.8 Å². The van der Waals surface area contributed by atoms with Gasteiger partial charge in [0.2, 0.25) is 0 Å². The Morgan fingerprint density at radius 2 is 1.78 bits per heavy atom. The number of H-pyrrole nitrogens is 1. The van der Waals surface area contributed by atoms with Crippen LogP contribution in [0.5, 0.6) is 0 Å². The molecule has 4 heteroatoms. The zero-order valence-corrected chi connectivity index (χ0v) is 14.0. The van der Waals surface area contributed by atoms with E-state index >= 15 is 0 Å². The lowest BCUT2D eigenvalue weighted by Crippen LogP contribution is -2.46. The SMILES string of the molecule is Cc1cc(C(=O)CCN2CCN(c3ccccc3)CC2)c(C)[nH]1. The average Bonchev–Trinajstić information content (AvgIpc) is 2.92. The molecular formula is C19H25N3O. The fraction of sp³-hybridized carbons (Fsp3) is 0.421. The summed E-state index contributed by atoms with van der Waals surface area (Å²) in [5.74, 6) is 0.248. The van der Waals surface area contributed by atoms with Gasteiger partial charge in [-0.2, -0.15) is 0 Å². The maximum Gasteiger partial charge on any atom is 0.165 e. The van der Waals surface area contributed by atoms with E-state index in [1.165, 1.54) is 5.69 Å². The van der Waals surface area contributed by atoms with Crippen LogP contribution < -0.4 is 4.90 Å². The van der Waals surface area contributed by atoms with Crippen LogP contribution in [0.2, 0.25) is 0 Å². The molecule has 0 saturated carbocycles. The van der Waals surface area contributed by atoms with E-state index in [-0.39, 0.29) is 5.78 Å². The zero-order valence-electron chi connectivity index (χ0n) is 14.0. The maximum atomic E-state index is 12.4. The van der Waals surface area contributed by atoms with Crippen LogP contribution in [0, 0.1) is 13.8 Å². The molecule has 0 aliphatic carbocycles. The fourth-order valence-corrected chi connectivity index (χ4v) is 3.28. The topological polar surface area (TPSA) is 39.3 Å². The molecule has 2 heterocycles. The lowest BCUT2D eigenvalue weighted by atomic mass is 10.1. The molecule has 1 N–H and O–H groups in total. The molecule has 1 saturated heterocycles. The highest BCUT2D eigenvalue weighted by Gasteiger charge is 2.18. The van der Waals surface area contributed by atoms with Gasteiger partial charge in [0.15, 0.2) is 5.78 Å². The molecule has 0 amide bonds. The van der Waals surface area contributed by atoms with Gasteiger partial charge in [-0.05, 0) is 32.0 Å². The van der Waals surface area contributed by atoms with Crippen molar-refractivity contribution < 1.29 is 4.79 Å². The van der Waals surface area contributed by atoms with Gasteiger partial charge in [0.05, 0.1) is 0 Å². The highest BCUT2D eigenvalue weighted by atomic mass is 16.1. The van der Waals surface area contributed by atoms with E-state index in [0.29, 0.717) is 6.42 Å². The number of aromatic amines is 1. The van der Waals surface area contributed by atoms with Crippen LogP contribution in [-0.2, 0) is 0 Å². The monoisotopic (exact) mass is 311 g/mol. The normalized spacial score (nSPS) is 15.8. The Balaban J connectivity index is 1.48. The largest absolute Gasteiger partial charge is 0.369 e. The molecule has 0 spiro atoms. The quantitative estimate of drug-likeness (QED) is 0.863. The van der Waals surface area contributed by atoms with Crippen LogP contribution >= 0.6 is 0 Å². The van der Waals surface area contributed by atoms with Crippen molar-refractivity contribution in [2.75, 3.05) is 37.6 Å². The van der Waals surface area contributed by atoms with E-state index in [4.69, 9.17) is 0 Å². The fourth-order valence-electron chi connectivity index (χ4n) is 3.28. The van der Waals surface area contributed by atoms with Crippen molar-refractivity contribution in [2.24, 2.45) is 0 Å². The van der Waals surface area contributed by atoms with Gasteiger partial charge in [0.1, 0.15) is 0 Å². The summed E-state index contributed by atoms with van der Waals surface area (Å²) in [5, 5.41) is 0. The molecule has 1 aromatic heterocycles. The summed E-state index contributed by atoms with van der Waals surface area (Å²) < 4.78 is 0. The maximum absolute atomic E-state index is 12.4. The van der Waals surface area contributed by atoms with E-state index in [1.807, 2.05) is 19.9 Å². The summed E-state index contributed by atoms with van der Waals surface area (Å²) in [4.78, 5) is 20.4. The number of aryl methyl sites for hydroxylation is 2. The second-order valence-corrected chi connectivity index (χ2v) is 6.33. The van der Waals surface area contributed by atoms with E-state index in [1.54, 1.807) is 0 Å². The van der Waals surface area contributed by atoms with E-state index in [2.05, 4.69) is 45.1 Å². The molecule has 23 heavy (non-hydrogen) atoms. The van der Waals surface area contributed by atoms with Crippen LogP contribution in [0.1, 0.15) is 28.2 Å². The first-order valence-electron chi connectivity index (χ1n) is 8.35. The van der Waals surface area contributed by atoms with Crippen molar-refractivity contribution in [3.8, 4) is 0 Å². The minimum absolute atomic E-state index is 0.248. The summed E-state index contributed by atoms with van der Waals surface area (Å²) in [5.41, 5.74) is 4.19. The Morgan fingerprint density at radius 1 is 1.09 bits per heavy atom. The molecule has 4 nitrogen and oxygen atoms in total. The molecule has 1 aliphatic rings. The van der Waals surface area contributed by atoms with Gasteiger partial charge >= 0.3 is 0 Å². The van der Waals surface area contributed by atoms with Crippen molar-refractivity contribution in [1.82, 2.24) is 9.88 Å². The molecule has 0 radical (unpaired) electrons. The number of nitrogens with one attached hydrogen (secondary N) is 1. The molecule has 2 aromatic rings. The molecule has 1 aliphatic heterocycles. The first-order valence-corrected chi connectivity index (χ1v) is 8.35. The number of nitrogens with zero attached hydrogens (tertiary/aromatic N) is 2. The van der Waals surface area contributed by atoms with Crippen LogP contribution in [0.3, 0.4) is 0 Å². The standard InChI is InChI=1S/C19H25N3O/c1-15-14-18(16(2)20-15)19(23)8-9-21-10-12-22(13-11-21)17-6-4-3-5-7-17/h3-7,14,20H,8-13H2,1-2H3. The van der Waals surface area contributed by atoms with Gasteiger partial charge in [-0.1, -0.05) is 18.2 Å². The number of piperazine rings is 1. The number of benzene rings is 1. The van der Waals surface area contributed by atoms with Crippen LogP contribution in [0.4, 0.5) is 5.69 Å². The molecular weight excluding hydrogens is 286 g/mol. The van der Waals surface area contributed by atoms with Gasteiger partial charge < -0.3 is 9.88 Å². The van der Waals surface area contributed by atoms with Gasteiger partial charge in [-0.25, -0.2) is 0 Å². The average molecular weight is 311 g/mol. The third kappa shape index (κ3) is 3.82. The number of Topliss-reactive ketones (excluding diaryl/α,β-unsaturated/α-hetero) is 1. The van der Waals surface area contributed by atoms with Gasteiger partial charge in [-0.15, -0.1) is 0 Å². The zero-order chi connectivity index (χ0) is 16.2. The third-order valence-electron chi connectivity index (χ3n) is 4.60. The second-order valence-electron chi connectivity index (χ2n) is 6.33. The highest BCUT2D eigenvalue weighted by Crippen LogP contribution is 2.16. The van der Waals surface area contributed by atoms with Crippen LogP contribution in [0.25, 0.3) is 0 Å². The van der Waals surface area contributed by atoms with Crippen LogP contribution in [-0.4, -0.2) is 48.4 Å². The Kier molecular flexibility index (Phi) is 4.82. The number of carbonyl (C=O) groups excluding carboxylic acids is 1. The molecule has 0 unspecified atom stereocenters. The molecule has 3 rings (SSSR count). The number of rotatable bonds is 5. The summed E-state index contributed by atoms with van der Waals surface area (Å²) in [6, 6.07) is 12.5. The van der Waals surface area contributed by atoms with Crippen molar-refractivity contribution in [3.63, 3.8) is 0 Å².